The van der Waals surface area contributed by atoms with Crippen LogP contribution < -0.4 is 5.32 Å². The smallest absolute Gasteiger partial charge is 0.265 e. The number of carbonyl (C=O) groups is 1. The lowest BCUT2D eigenvalue weighted by atomic mass is 10.2. The second kappa shape index (κ2) is 9.17. The molecule has 0 radical (unpaired) electrons. The van der Waals surface area contributed by atoms with Crippen LogP contribution in [0.25, 0.3) is 10.7 Å². The van der Waals surface area contributed by atoms with Crippen LogP contribution in [0.15, 0.2) is 30.6 Å². The zero-order valence-corrected chi connectivity index (χ0v) is 15.2. The molecule has 2 aromatic rings. The van der Waals surface area contributed by atoms with Gasteiger partial charge in [0, 0.05) is 25.3 Å². The van der Waals surface area contributed by atoms with E-state index in [2.05, 4.69) is 15.3 Å². The molecule has 0 saturated carbocycles. The van der Waals surface area contributed by atoms with E-state index in [0.717, 1.165) is 36.6 Å². The van der Waals surface area contributed by atoms with Crippen molar-refractivity contribution in [2.24, 2.45) is 0 Å². The average molecular weight is 375 g/mol. The maximum Gasteiger partial charge on any atom is 0.265 e. The highest BCUT2D eigenvalue weighted by Crippen LogP contribution is 2.26. The van der Waals surface area contributed by atoms with Gasteiger partial charge in [-0.1, -0.05) is 6.07 Å². The number of nitrogens with zero attached hydrogens (tertiary/aromatic N) is 3. The molecule has 1 saturated heterocycles. The van der Waals surface area contributed by atoms with Gasteiger partial charge in [0.1, 0.15) is 9.88 Å². The molecule has 1 aliphatic heterocycles. The molecule has 3 heterocycles. The quantitative estimate of drug-likeness (QED) is 0.893. The molecule has 0 aliphatic carbocycles. The number of likely N-dealkylation sites (N-methyl/N-ethyl adjacent to an activating group) is 1. The Balaban J connectivity index is 0.00000132. The molecule has 0 spiro atoms. The number of carbonyl (C=O) groups excluding carboxylic acids is 1. The van der Waals surface area contributed by atoms with Crippen molar-refractivity contribution in [3.8, 4) is 10.7 Å². The van der Waals surface area contributed by atoms with Crippen LogP contribution in [0, 0.1) is 0 Å². The van der Waals surface area contributed by atoms with Gasteiger partial charge in [-0.25, -0.2) is 4.98 Å². The number of amides is 1. The molecule has 8 heteroatoms. The van der Waals surface area contributed by atoms with Crippen molar-refractivity contribution in [1.82, 2.24) is 20.2 Å². The summed E-state index contributed by atoms with van der Waals surface area (Å²) < 4.78 is 0. The molecule has 126 valence electrons. The van der Waals surface area contributed by atoms with Gasteiger partial charge in [-0.15, -0.1) is 36.2 Å². The molecule has 5 nitrogen and oxygen atoms in total. The highest BCUT2D eigenvalue weighted by Gasteiger charge is 2.29. The van der Waals surface area contributed by atoms with Gasteiger partial charge in [0.2, 0.25) is 0 Å². The SMILES string of the molecule is CNCC1CCCN1C(=O)c1cnc(-c2ccccn2)s1.Cl.Cl. The van der Waals surface area contributed by atoms with Gasteiger partial charge in [-0.05, 0) is 32.0 Å². The molecule has 0 aromatic carbocycles. The number of nitrogens with one attached hydrogen (secondary N) is 1. The molecule has 23 heavy (non-hydrogen) atoms. The second-order valence-corrected chi connectivity index (χ2v) is 6.13. The normalized spacial score (nSPS) is 16.6. The Hall–Kier alpha value is -1.21. The summed E-state index contributed by atoms with van der Waals surface area (Å²) in [6.45, 7) is 1.68. The molecule has 0 bridgehead atoms. The summed E-state index contributed by atoms with van der Waals surface area (Å²) in [5.74, 6) is 0.0902. The van der Waals surface area contributed by atoms with Gasteiger partial charge in [0.15, 0.2) is 0 Å². The van der Waals surface area contributed by atoms with E-state index in [1.165, 1.54) is 11.3 Å². The third-order valence-electron chi connectivity index (χ3n) is 3.68. The van der Waals surface area contributed by atoms with Crippen LogP contribution in [-0.2, 0) is 0 Å². The van der Waals surface area contributed by atoms with Crippen LogP contribution in [-0.4, -0.2) is 47.0 Å². The number of likely N-dealkylation sites (tertiary alicyclic amines) is 1. The average Bonchev–Trinajstić information content (AvgIpc) is 3.17. The van der Waals surface area contributed by atoms with E-state index in [-0.39, 0.29) is 30.7 Å². The molecule has 1 amide bonds. The second-order valence-electron chi connectivity index (χ2n) is 5.10. The number of pyridine rings is 1. The molecule has 1 N–H and O–H groups in total. The van der Waals surface area contributed by atoms with E-state index >= 15 is 0 Å². The molecule has 1 fully saturated rings. The minimum absolute atomic E-state index is 0. The van der Waals surface area contributed by atoms with Crippen molar-refractivity contribution in [3.63, 3.8) is 0 Å². The molecule has 1 atom stereocenters. The van der Waals surface area contributed by atoms with Gasteiger partial charge in [-0.3, -0.25) is 9.78 Å². The first-order valence-corrected chi connectivity index (χ1v) is 7.94. The van der Waals surface area contributed by atoms with E-state index in [9.17, 15) is 4.79 Å². The fourth-order valence-electron chi connectivity index (χ4n) is 2.67. The van der Waals surface area contributed by atoms with E-state index in [0.29, 0.717) is 10.9 Å². The van der Waals surface area contributed by atoms with Crippen molar-refractivity contribution >= 4 is 42.1 Å². The Bertz CT molecular complexity index is 623. The van der Waals surface area contributed by atoms with Crippen LogP contribution in [0.1, 0.15) is 22.5 Å². The number of rotatable bonds is 4. The lowest BCUT2D eigenvalue weighted by molar-refractivity contribution is 0.0741. The van der Waals surface area contributed by atoms with Crippen LogP contribution in [0.5, 0.6) is 0 Å². The standard InChI is InChI=1S/C15H18N4OS.2ClH/c1-16-9-11-5-4-8-19(11)15(20)13-10-18-14(21-13)12-6-2-3-7-17-12;;/h2-3,6-7,10-11,16H,4-5,8-9H2,1H3;2*1H. The zero-order valence-electron chi connectivity index (χ0n) is 12.8. The van der Waals surface area contributed by atoms with Gasteiger partial charge < -0.3 is 10.2 Å². The van der Waals surface area contributed by atoms with Crippen LogP contribution >= 0.6 is 36.2 Å². The third-order valence-corrected chi connectivity index (χ3v) is 4.69. The highest BCUT2D eigenvalue weighted by molar-refractivity contribution is 7.16. The first-order valence-electron chi connectivity index (χ1n) is 7.12. The molecule has 1 unspecified atom stereocenters. The molecular weight excluding hydrogens is 355 g/mol. The van der Waals surface area contributed by atoms with Gasteiger partial charge in [0.05, 0.1) is 11.9 Å². The van der Waals surface area contributed by atoms with Crippen molar-refractivity contribution in [3.05, 3.63) is 35.5 Å². The summed E-state index contributed by atoms with van der Waals surface area (Å²) in [7, 11) is 1.92. The minimum atomic E-state index is 0. The number of halogens is 2. The summed E-state index contributed by atoms with van der Waals surface area (Å²) in [5, 5.41) is 3.96. The third kappa shape index (κ3) is 4.41. The van der Waals surface area contributed by atoms with E-state index < -0.39 is 0 Å². The highest BCUT2D eigenvalue weighted by atomic mass is 35.5. The van der Waals surface area contributed by atoms with Crippen molar-refractivity contribution in [2.75, 3.05) is 20.1 Å². The first-order chi connectivity index (χ1) is 10.3. The Kier molecular flexibility index (Phi) is 7.91. The summed E-state index contributed by atoms with van der Waals surface area (Å²) in [5.41, 5.74) is 0.815. The van der Waals surface area contributed by atoms with E-state index in [1.807, 2.05) is 30.1 Å². The van der Waals surface area contributed by atoms with Gasteiger partial charge >= 0.3 is 0 Å². The summed E-state index contributed by atoms with van der Waals surface area (Å²) >= 11 is 1.42. The van der Waals surface area contributed by atoms with Crippen LogP contribution in [0.2, 0.25) is 0 Å². The molecular formula is C15H20Cl2N4OS. The van der Waals surface area contributed by atoms with E-state index in [4.69, 9.17) is 0 Å². The first kappa shape index (κ1) is 19.8. The topological polar surface area (TPSA) is 58.1 Å². The number of hydrogen-bond donors (Lipinski definition) is 1. The Morgan fingerprint density at radius 2 is 2.22 bits per heavy atom. The van der Waals surface area contributed by atoms with Crippen LogP contribution in [0.3, 0.4) is 0 Å². The maximum atomic E-state index is 12.6. The predicted molar refractivity (Wildman–Crippen MR) is 97.8 cm³/mol. The van der Waals surface area contributed by atoms with E-state index in [1.54, 1.807) is 12.4 Å². The number of hydrogen-bond acceptors (Lipinski definition) is 5. The summed E-state index contributed by atoms with van der Waals surface area (Å²) in [4.78, 5) is 23.9. The van der Waals surface area contributed by atoms with Crippen molar-refractivity contribution < 1.29 is 4.79 Å². The Morgan fingerprint density at radius 1 is 1.39 bits per heavy atom. The van der Waals surface area contributed by atoms with Gasteiger partial charge in [-0.2, -0.15) is 0 Å². The summed E-state index contributed by atoms with van der Waals surface area (Å²) in [6.07, 6.45) is 5.55. The zero-order chi connectivity index (χ0) is 14.7. The molecule has 3 rings (SSSR count). The van der Waals surface area contributed by atoms with Crippen molar-refractivity contribution in [1.29, 1.82) is 0 Å². The Labute approximate surface area is 152 Å². The number of aromatic nitrogens is 2. The Morgan fingerprint density at radius 3 is 2.91 bits per heavy atom. The maximum absolute atomic E-state index is 12.6. The molecule has 2 aromatic heterocycles. The summed E-state index contributed by atoms with van der Waals surface area (Å²) in [6, 6.07) is 6.00. The molecule has 1 aliphatic rings. The monoisotopic (exact) mass is 374 g/mol. The fourth-order valence-corrected chi connectivity index (χ4v) is 3.52. The van der Waals surface area contributed by atoms with Crippen LogP contribution in [0.4, 0.5) is 0 Å². The predicted octanol–water partition coefficient (Wildman–Crippen LogP) is 2.87. The lowest BCUT2D eigenvalue weighted by Crippen LogP contribution is -2.40. The largest absolute Gasteiger partial charge is 0.334 e. The van der Waals surface area contributed by atoms with Crippen molar-refractivity contribution in [2.45, 2.75) is 18.9 Å². The number of thiazole rings is 1. The minimum Gasteiger partial charge on any atom is -0.334 e. The van der Waals surface area contributed by atoms with Gasteiger partial charge in [0.25, 0.3) is 5.91 Å². The fraction of sp³-hybridized carbons (Fsp3) is 0.400. The lowest BCUT2D eigenvalue weighted by Gasteiger charge is -2.23.